The number of rotatable bonds is 12. The predicted octanol–water partition coefficient (Wildman–Crippen LogP) is -1.24. The average molecular weight is 503 g/mol. The first-order chi connectivity index (χ1) is 17.0. The number of aromatic hydroxyl groups is 2. The Hall–Kier alpha value is -4.16. The van der Waals surface area contributed by atoms with Gasteiger partial charge in [-0.25, -0.2) is 4.79 Å². The second kappa shape index (κ2) is 13.1. The summed E-state index contributed by atoms with van der Waals surface area (Å²) in [6.45, 7) is 0.538. The lowest BCUT2D eigenvalue weighted by atomic mass is 10.0. The molecule has 3 amide bonds. The molecule has 0 heterocycles. The third-order valence-corrected chi connectivity index (χ3v) is 5.29. The van der Waals surface area contributed by atoms with Crippen LogP contribution in [0.2, 0.25) is 0 Å². The summed E-state index contributed by atoms with van der Waals surface area (Å²) in [5.74, 6) is -3.59. The number of carboxylic acid groups (broad SMARTS) is 1. The van der Waals surface area contributed by atoms with E-state index in [1.54, 1.807) is 12.1 Å². The number of carboxylic acids is 1. The van der Waals surface area contributed by atoms with Crippen LogP contribution in [0.5, 0.6) is 11.5 Å². The second-order valence-electron chi connectivity index (χ2n) is 8.22. The van der Waals surface area contributed by atoms with E-state index >= 15 is 0 Å². The molecule has 0 unspecified atom stereocenters. The number of phenolic OH excluding ortho intramolecular Hbond substituents is 2. The van der Waals surface area contributed by atoms with Crippen molar-refractivity contribution in [1.82, 2.24) is 16.0 Å². The van der Waals surface area contributed by atoms with E-state index in [2.05, 4.69) is 16.0 Å². The largest absolute Gasteiger partial charge is 0.508 e. The molecule has 2 aromatic rings. The van der Waals surface area contributed by atoms with Crippen LogP contribution in [0, 0.1) is 0 Å². The van der Waals surface area contributed by atoms with Crippen LogP contribution in [0.25, 0.3) is 0 Å². The van der Waals surface area contributed by atoms with E-state index < -0.39 is 54.5 Å². The van der Waals surface area contributed by atoms with Gasteiger partial charge >= 0.3 is 5.97 Å². The molecule has 2 aromatic carbocycles. The standard InChI is InChI=1S/C24H30N4O8/c1-13(26-22(33)18(25)10-14-2-6-16(30)7-3-14)21(32)27-19(11-15-4-8-17(31)9-5-15)23(34)28-20(12-29)24(35)36/h2-9,13,18-20,29-31H,10-12,25H2,1H3,(H,26,33)(H,27,32)(H,28,34)(H,35,36)/t13-,18-,19-,20-/m0/s1. The number of nitrogens with two attached hydrogens (primary N) is 1. The molecule has 0 bridgehead atoms. The molecule has 0 aliphatic heterocycles. The number of benzene rings is 2. The van der Waals surface area contributed by atoms with Crippen molar-refractivity contribution in [3.63, 3.8) is 0 Å². The van der Waals surface area contributed by atoms with Crippen LogP contribution in [0.3, 0.4) is 0 Å². The molecule has 194 valence electrons. The van der Waals surface area contributed by atoms with Crippen molar-refractivity contribution in [2.45, 2.75) is 43.9 Å². The number of hydrogen-bond acceptors (Lipinski definition) is 8. The van der Waals surface area contributed by atoms with Gasteiger partial charge in [-0.1, -0.05) is 24.3 Å². The van der Waals surface area contributed by atoms with E-state index in [0.29, 0.717) is 11.1 Å². The van der Waals surface area contributed by atoms with Crippen molar-refractivity contribution >= 4 is 23.7 Å². The van der Waals surface area contributed by atoms with Gasteiger partial charge < -0.3 is 42.1 Å². The Morgan fingerprint density at radius 1 is 0.750 bits per heavy atom. The van der Waals surface area contributed by atoms with Gasteiger partial charge in [0.05, 0.1) is 12.6 Å². The summed E-state index contributed by atoms with van der Waals surface area (Å²) < 4.78 is 0. The molecule has 9 N–H and O–H groups in total. The number of phenols is 2. The molecule has 36 heavy (non-hydrogen) atoms. The van der Waals surface area contributed by atoms with Gasteiger partial charge in [-0.05, 0) is 48.7 Å². The van der Waals surface area contributed by atoms with Gasteiger partial charge in [0, 0.05) is 6.42 Å². The number of carbonyl (C=O) groups excluding carboxylic acids is 3. The second-order valence-corrected chi connectivity index (χ2v) is 8.22. The maximum Gasteiger partial charge on any atom is 0.328 e. The van der Waals surface area contributed by atoms with Crippen molar-refractivity contribution in [2.75, 3.05) is 6.61 Å². The third-order valence-electron chi connectivity index (χ3n) is 5.29. The van der Waals surface area contributed by atoms with Crippen molar-refractivity contribution in [2.24, 2.45) is 5.73 Å². The van der Waals surface area contributed by atoms with Crippen LogP contribution in [0.1, 0.15) is 18.1 Å². The predicted molar refractivity (Wildman–Crippen MR) is 128 cm³/mol. The SMILES string of the molecule is C[C@H](NC(=O)[C@@H](N)Cc1ccc(O)cc1)C(=O)N[C@@H](Cc1ccc(O)cc1)C(=O)N[C@@H](CO)C(=O)O. The fourth-order valence-electron chi connectivity index (χ4n) is 3.20. The zero-order valence-electron chi connectivity index (χ0n) is 19.5. The summed E-state index contributed by atoms with van der Waals surface area (Å²) in [6.07, 6.45) is 0.0979. The van der Waals surface area contributed by atoms with Crippen LogP contribution < -0.4 is 21.7 Å². The lowest BCUT2D eigenvalue weighted by molar-refractivity contribution is -0.143. The molecule has 2 rings (SSSR count). The Morgan fingerprint density at radius 3 is 1.69 bits per heavy atom. The number of aliphatic hydroxyl groups excluding tert-OH is 1. The van der Waals surface area contributed by atoms with E-state index in [1.165, 1.54) is 43.3 Å². The zero-order chi connectivity index (χ0) is 26.8. The Morgan fingerprint density at radius 2 is 1.22 bits per heavy atom. The molecule has 0 aliphatic carbocycles. The summed E-state index contributed by atoms with van der Waals surface area (Å²) >= 11 is 0. The van der Waals surface area contributed by atoms with E-state index in [4.69, 9.17) is 10.8 Å². The first-order valence-corrected chi connectivity index (χ1v) is 11.1. The average Bonchev–Trinajstić information content (AvgIpc) is 2.84. The van der Waals surface area contributed by atoms with Crippen molar-refractivity contribution in [3.8, 4) is 11.5 Å². The molecule has 0 fully saturated rings. The van der Waals surface area contributed by atoms with Gasteiger partial charge in [-0.15, -0.1) is 0 Å². The molecule has 0 aromatic heterocycles. The monoisotopic (exact) mass is 502 g/mol. The first-order valence-electron chi connectivity index (χ1n) is 11.1. The van der Waals surface area contributed by atoms with Gasteiger partial charge in [-0.3, -0.25) is 14.4 Å². The maximum atomic E-state index is 12.8. The van der Waals surface area contributed by atoms with E-state index in [0.717, 1.165) is 0 Å². The van der Waals surface area contributed by atoms with Crippen molar-refractivity contribution in [3.05, 3.63) is 59.7 Å². The molecule has 0 saturated carbocycles. The zero-order valence-corrected chi connectivity index (χ0v) is 19.5. The first kappa shape index (κ1) is 28.1. The molecular formula is C24H30N4O8. The van der Waals surface area contributed by atoms with Gasteiger partial charge in [0.1, 0.15) is 29.6 Å². The molecule has 0 radical (unpaired) electrons. The number of hydrogen-bond donors (Lipinski definition) is 8. The minimum atomic E-state index is -1.58. The van der Waals surface area contributed by atoms with Crippen LogP contribution in [-0.2, 0) is 32.0 Å². The summed E-state index contributed by atoms with van der Waals surface area (Å²) in [6, 6.07) is 7.06. The van der Waals surface area contributed by atoms with E-state index in [1.807, 2.05) is 0 Å². The van der Waals surface area contributed by atoms with Gasteiger partial charge in [0.2, 0.25) is 17.7 Å². The molecule has 0 saturated heterocycles. The normalized spacial score (nSPS) is 14.1. The van der Waals surface area contributed by atoms with Crippen molar-refractivity contribution in [1.29, 1.82) is 0 Å². The number of aliphatic hydroxyl groups is 1. The third kappa shape index (κ3) is 8.56. The Labute approximate surface area is 207 Å². The highest BCUT2D eigenvalue weighted by molar-refractivity contribution is 5.94. The summed E-state index contributed by atoms with van der Waals surface area (Å²) in [5.41, 5.74) is 7.18. The molecule has 0 aliphatic rings. The number of aliphatic carboxylic acids is 1. The van der Waals surface area contributed by atoms with Crippen LogP contribution in [0.4, 0.5) is 0 Å². The minimum absolute atomic E-state index is 0.00464. The van der Waals surface area contributed by atoms with Crippen LogP contribution >= 0.6 is 0 Å². The molecule has 12 nitrogen and oxygen atoms in total. The quantitative estimate of drug-likeness (QED) is 0.174. The van der Waals surface area contributed by atoms with Gasteiger partial charge in [0.25, 0.3) is 0 Å². The fraction of sp³-hybridized carbons (Fsp3) is 0.333. The summed E-state index contributed by atoms with van der Waals surface area (Å²) in [5, 5.41) is 44.2. The Kier molecular flexibility index (Phi) is 10.2. The topological polar surface area (TPSA) is 211 Å². The smallest absolute Gasteiger partial charge is 0.328 e. The van der Waals surface area contributed by atoms with E-state index in [-0.39, 0.29) is 24.3 Å². The summed E-state index contributed by atoms with van der Waals surface area (Å²) in [4.78, 5) is 49.1. The highest BCUT2D eigenvalue weighted by atomic mass is 16.4. The number of amides is 3. The van der Waals surface area contributed by atoms with Gasteiger partial charge in [0.15, 0.2) is 0 Å². The lowest BCUT2D eigenvalue weighted by Crippen LogP contribution is -2.57. The number of nitrogens with one attached hydrogen (secondary N) is 3. The van der Waals surface area contributed by atoms with Crippen LogP contribution in [-0.4, -0.2) is 74.9 Å². The number of carbonyl (C=O) groups is 4. The van der Waals surface area contributed by atoms with E-state index in [9.17, 15) is 34.5 Å². The maximum absolute atomic E-state index is 12.8. The lowest BCUT2D eigenvalue weighted by Gasteiger charge is -2.23. The van der Waals surface area contributed by atoms with Crippen molar-refractivity contribution < 1.29 is 39.6 Å². The van der Waals surface area contributed by atoms with Gasteiger partial charge in [-0.2, -0.15) is 0 Å². The summed E-state index contributed by atoms with van der Waals surface area (Å²) in [7, 11) is 0. The molecule has 4 atom stereocenters. The highest BCUT2D eigenvalue weighted by Gasteiger charge is 2.29. The minimum Gasteiger partial charge on any atom is -0.508 e. The molecule has 0 spiro atoms. The van der Waals surface area contributed by atoms with Crippen LogP contribution in [0.15, 0.2) is 48.5 Å². The fourth-order valence-corrected chi connectivity index (χ4v) is 3.20. The highest BCUT2D eigenvalue weighted by Crippen LogP contribution is 2.12. The Balaban J connectivity index is 2.05. The molecular weight excluding hydrogens is 472 g/mol. The molecule has 12 heteroatoms. The Bertz CT molecular complexity index is 1060.